The van der Waals surface area contributed by atoms with Gasteiger partial charge in [-0.25, -0.2) is 8.42 Å². The third-order valence-corrected chi connectivity index (χ3v) is 8.98. The highest BCUT2D eigenvalue weighted by atomic mass is 32.2. The summed E-state index contributed by atoms with van der Waals surface area (Å²) < 4.78 is 28.1. The average molecular weight is 483 g/mol. The lowest BCUT2D eigenvalue weighted by molar-refractivity contribution is -0.136. The zero-order chi connectivity index (χ0) is 23.4. The Labute approximate surface area is 201 Å². The van der Waals surface area contributed by atoms with Crippen LogP contribution in [0.3, 0.4) is 0 Å². The van der Waals surface area contributed by atoms with Crippen molar-refractivity contribution in [3.63, 3.8) is 0 Å². The van der Waals surface area contributed by atoms with E-state index < -0.39 is 10.0 Å². The van der Waals surface area contributed by atoms with Crippen LogP contribution in [-0.4, -0.2) is 66.7 Å². The summed E-state index contributed by atoms with van der Waals surface area (Å²) in [7, 11) is -3.37. The SMILES string of the molecule is CS(=O)(=O)Nc1cccc2c1ccn2CC(=O)N1CCCC2=C[C@@H]3C[C@@H](CN4CCCC[C@H]34)[C@@H]21. The summed E-state index contributed by atoms with van der Waals surface area (Å²) in [6.45, 7) is 3.43. The Bertz CT molecular complexity index is 1250. The number of amides is 1. The fraction of sp³-hybridized carbons (Fsp3) is 0.577. The molecule has 6 rings (SSSR count). The van der Waals surface area contributed by atoms with Crippen molar-refractivity contribution in [1.29, 1.82) is 0 Å². The molecule has 8 heteroatoms. The van der Waals surface area contributed by atoms with E-state index in [9.17, 15) is 13.2 Å². The Hall–Kier alpha value is -2.32. The quantitative estimate of drug-likeness (QED) is 0.678. The monoisotopic (exact) mass is 482 g/mol. The largest absolute Gasteiger partial charge is 0.338 e. The number of piperidine rings is 3. The fourth-order valence-electron chi connectivity index (χ4n) is 7.14. The number of nitrogens with zero attached hydrogens (tertiary/aromatic N) is 3. The Morgan fingerprint density at radius 2 is 2.03 bits per heavy atom. The van der Waals surface area contributed by atoms with E-state index in [4.69, 9.17) is 0 Å². The Kier molecular flexibility index (Phi) is 5.48. The minimum Gasteiger partial charge on any atom is -0.338 e. The van der Waals surface area contributed by atoms with Gasteiger partial charge in [0.2, 0.25) is 15.9 Å². The third kappa shape index (κ3) is 3.94. The van der Waals surface area contributed by atoms with Crippen molar-refractivity contribution in [2.45, 2.75) is 57.2 Å². The first-order chi connectivity index (χ1) is 16.4. The normalized spacial score (nSPS) is 29.3. The molecule has 1 aromatic carbocycles. The minimum atomic E-state index is -3.37. The van der Waals surface area contributed by atoms with Crippen LogP contribution in [0.1, 0.15) is 38.5 Å². The zero-order valence-electron chi connectivity index (χ0n) is 19.8. The number of anilines is 1. The number of rotatable bonds is 4. The molecule has 0 spiro atoms. The number of likely N-dealkylation sites (tertiary alicyclic amines) is 1. The molecule has 0 radical (unpaired) electrons. The second-order valence-electron chi connectivity index (χ2n) is 10.7. The van der Waals surface area contributed by atoms with Crippen LogP contribution in [0.2, 0.25) is 0 Å². The molecule has 1 amide bonds. The maximum Gasteiger partial charge on any atom is 0.243 e. The van der Waals surface area contributed by atoms with Crippen LogP contribution in [0.25, 0.3) is 10.9 Å². The van der Waals surface area contributed by atoms with Gasteiger partial charge >= 0.3 is 0 Å². The van der Waals surface area contributed by atoms with Gasteiger partial charge in [-0.05, 0) is 68.7 Å². The number of hydrogen-bond donors (Lipinski definition) is 1. The summed E-state index contributed by atoms with van der Waals surface area (Å²) in [5, 5.41) is 0.809. The molecule has 182 valence electrons. The van der Waals surface area contributed by atoms with Crippen LogP contribution < -0.4 is 4.72 Å². The molecule has 34 heavy (non-hydrogen) atoms. The Morgan fingerprint density at radius 3 is 2.88 bits per heavy atom. The molecule has 4 heterocycles. The van der Waals surface area contributed by atoms with Gasteiger partial charge in [0.05, 0.1) is 23.5 Å². The molecule has 1 N–H and O–H groups in total. The van der Waals surface area contributed by atoms with E-state index in [2.05, 4.69) is 20.6 Å². The highest BCUT2D eigenvalue weighted by molar-refractivity contribution is 7.92. The summed E-state index contributed by atoms with van der Waals surface area (Å²) in [5.41, 5.74) is 2.92. The van der Waals surface area contributed by atoms with E-state index in [1.807, 2.05) is 29.0 Å². The highest BCUT2D eigenvalue weighted by Gasteiger charge is 2.46. The predicted molar refractivity (Wildman–Crippen MR) is 134 cm³/mol. The Balaban J connectivity index is 1.25. The van der Waals surface area contributed by atoms with E-state index in [0.29, 0.717) is 23.6 Å². The molecule has 3 aliphatic heterocycles. The summed E-state index contributed by atoms with van der Waals surface area (Å²) >= 11 is 0. The van der Waals surface area contributed by atoms with Gasteiger partial charge < -0.3 is 9.47 Å². The van der Waals surface area contributed by atoms with Crippen molar-refractivity contribution < 1.29 is 13.2 Å². The fourth-order valence-corrected chi connectivity index (χ4v) is 7.72. The van der Waals surface area contributed by atoms with E-state index in [1.165, 1.54) is 37.8 Å². The number of hydrogen-bond acceptors (Lipinski definition) is 4. The second kappa shape index (κ2) is 8.41. The van der Waals surface area contributed by atoms with Crippen LogP contribution in [0.4, 0.5) is 5.69 Å². The average Bonchev–Trinajstić information content (AvgIpc) is 3.21. The van der Waals surface area contributed by atoms with Gasteiger partial charge in [0.1, 0.15) is 6.54 Å². The molecule has 7 nitrogen and oxygen atoms in total. The third-order valence-electron chi connectivity index (χ3n) is 8.39. The number of benzene rings is 1. The first kappa shape index (κ1) is 22.2. The van der Waals surface area contributed by atoms with E-state index >= 15 is 0 Å². The van der Waals surface area contributed by atoms with E-state index in [1.54, 1.807) is 6.07 Å². The molecular formula is C26H34N4O3S. The van der Waals surface area contributed by atoms with Crippen LogP contribution >= 0.6 is 0 Å². The molecule has 4 aliphatic rings. The van der Waals surface area contributed by atoms with Gasteiger partial charge in [-0.3, -0.25) is 14.4 Å². The summed E-state index contributed by atoms with van der Waals surface area (Å²) in [5.74, 6) is 1.36. The smallest absolute Gasteiger partial charge is 0.243 e. The second-order valence-corrected chi connectivity index (χ2v) is 12.4. The lowest BCUT2D eigenvalue weighted by Crippen LogP contribution is -2.60. The van der Waals surface area contributed by atoms with Crippen LogP contribution in [0.15, 0.2) is 42.1 Å². The van der Waals surface area contributed by atoms with Crippen LogP contribution in [-0.2, 0) is 21.4 Å². The lowest BCUT2D eigenvalue weighted by Gasteiger charge is -2.54. The standard InChI is InChI=1S/C26H34N4O3S/c1-34(32,33)27-22-7-4-9-24-21(22)10-13-29(24)17-25(31)30-12-5-6-18-14-19-15-20(26(18)30)16-28-11-3-2-8-23(19)28/h4,7,9-10,13-14,19-20,23,26-27H,2-3,5-6,8,11-12,15-17H2,1H3/t19-,20+,23-,26-/m1/s1. The minimum absolute atomic E-state index is 0.161. The van der Waals surface area contributed by atoms with Gasteiger partial charge in [0.15, 0.2) is 0 Å². The van der Waals surface area contributed by atoms with Crippen molar-refractivity contribution >= 4 is 32.5 Å². The molecule has 4 atom stereocenters. The molecule has 0 unspecified atom stereocenters. The van der Waals surface area contributed by atoms with Crippen molar-refractivity contribution in [2.75, 3.05) is 30.6 Å². The van der Waals surface area contributed by atoms with Gasteiger partial charge in [-0.1, -0.05) is 24.1 Å². The van der Waals surface area contributed by atoms with Crippen LogP contribution in [0.5, 0.6) is 0 Å². The maximum atomic E-state index is 13.7. The molecule has 3 saturated heterocycles. The Morgan fingerprint density at radius 1 is 1.15 bits per heavy atom. The maximum absolute atomic E-state index is 13.7. The van der Waals surface area contributed by atoms with Gasteiger partial charge in [0, 0.05) is 30.7 Å². The molecule has 2 bridgehead atoms. The molecule has 3 fully saturated rings. The molecule has 0 saturated carbocycles. The number of fused-ring (bicyclic) bond motifs is 7. The van der Waals surface area contributed by atoms with Gasteiger partial charge in [-0.15, -0.1) is 0 Å². The predicted octanol–water partition coefficient (Wildman–Crippen LogP) is 3.43. The number of sulfonamides is 1. The molecule has 1 aliphatic carbocycles. The van der Waals surface area contributed by atoms with Gasteiger partial charge in [0.25, 0.3) is 0 Å². The van der Waals surface area contributed by atoms with E-state index in [0.717, 1.165) is 43.1 Å². The molecular weight excluding hydrogens is 448 g/mol. The molecule has 2 aromatic rings. The van der Waals surface area contributed by atoms with Crippen molar-refractivity contribution in [3.05, 3.63) is 42.1 Å². The number of carbonyl (C=O) groups is 1. The van der Waals surface area contributed by atoms with Gasteiger partial charge in [-0.2, -0.15) is 0 Å². The van der Waals surface area contributed by atoms with Crippen molar-refractivity contribution in [1.82, 2.24) is 14.4 Å². The summed E-state index contributed by atoms with van der Waals surface area (Å²) in [4.78, 5) is 18.5. The first-order valence-electron chi connectivity index (χ1n) is 12.7. The summed E-state index contributed by atoms with van der Waals surface area (Å²) in [6, 6.07) is 8.37. The van der Waals surface area contributed by atoms with Crippen LogP contribution in [0, 0.1) is 11.8 Å². The van der Waals surface area contributed by atoms with Crippen molar-refractivity contribution in [3.8, 4) is 0 Å². The topological polar surface area (TPSA) is 74.6 Å². The van der Waals surface area contributed by atoms with E-state index in [-0.39, 0.29) is 18.5 Å². The number of carbonyl (C=O) groups excluding carboxylic acids is 1. The lowest BCUT2D eigenvalue weighted by atomic mass is 9.68. The molecule has 1 aromatic heterocycles. The highest BCUT2D eigenvalue weighted by Crippen LogP contribution is 2.45. The zero-order valence-corrected chi connectivity index (χ0v) is 20.6. The number of nitrogens with one attached hydrogen (secondary N) is 1. The van der Waals surface area contributed by atoms with Crippen molar-refractivity contribution in [2.24, 2.45) is 11.8 Å². The number of aromatic nitrogens is 1. The summed E-state index contributed by atoms with van der Waals surface area (Å²) in [6.07, 6.45) is 13.0. The first-order valence-corrected chi connectivity index (χ1v) is 14.6.